The Bertz CT molecular complexity index is 366. The molecule has 112 valence electrons. The lowest BCUT2D eigenvalue weighted by Crippen LogP contribution is -2.44. The molecule has 0 aliphatic carbocycles. The van der Waals surface area contributed by atoms with Crippen molar-refractivity contribution in [2.24, 2.45) is 5.41 Å². The van der Waals surface area contributed by atoms with Gasteiger partial charge in [0.15, 0.2) is 0 Å². The molecule has 0 spiro atoms. The highest BCUT2D eigenvalue weighted by molar-refractivity contribution is 5.03. The Kier molecular flexibility index (Phi) is 5.99. The van der Waals surface area contributed by atoms with Gasteiger partial charge in [0, 0.05) is 31.4 Å². The molecule has 1 aromatic heterocycles. The van der Waals surface area contributed by atoms with Crippen LogP contribution in [-0.2, 0) is 6.42 Å². The van der Waals surface area contributed by atoms with Crippen molar-refractivity contribution < 1.29 is 0 Å². The minimum absolute atomic E-state index is 0.541. The maximum Gasteiger partial charge on any atom is 0.0416 e. The van der Waals surface area contributed by atoms with E-state index in [1.54, 1.807) is 0 Å². The van der Waals surface area contributed by atoms with Crippen LogP contribution in [0.4, 0.5) is 0 Å². The highest BCUT2D eigenvalue weighted by Gasteiger charge is 2.31. The van der Waals surface area contributed by atoms with Gasteiger partial charge in [0.2, 0.25) is 0 Å². The van der Waals surface area contributed by atoms with Gasteiger partial charge < -0.3 is 10.2 Å². The summed E-state index contributed by atoms with van der Waals surface area (Å²) in [5.41, 5.74) is 1.74. The molecule has 0 unspecified atom stereocenters. The Balaban J connectivity index is 1.83. The number of piperidine rings is 1. The van der Waals surface area contributed by atoms with Crippen LogP contribution in [0.5, 0.6) is 0 Å². The number of likely N-dealkylation sites (N-methyl/N-ethyl adjacent to an activating group) is 1. The number of aromatic nitrogens is 1. The van der Waals surface area contributed by atoms with Crippen molar-refractivity contribution in [1.82, 2.24) is 15.2 Å². The van der Waals surface area contributed by atoms with Crippen molar-refractivity contribution in [2.45, 2.75) is 39.0 Å². The topological polar surface area (TPSA) is 28.2 Å². The summed E-state index contributed by atoms with van der Waals surface area (Å²) in [6.07, 6.45) is 8.26. The average Bonchev–Trinajstić information content (AvgIpc) is 2.47. The van der Waals surface area contributed by atoms with Gasteiger partial charge in [-0.1, -0.05) is 19.4 Å². The van der Waals surface area contributed by atoms with Crippen molar-refractivity contribution in [2.75, 3.05) is 33.2 Å². The molecule has 1 aromatic rings. The maximum absolute atomic E-state index is 4.41. The Labute approximate surface area is 123 Å². The van der Waals surface area contributed by atoms with Gasteiger partial charge in [-0.25, -0.2) is 0 Å². The lowest BCUT2D eigenvalue weighted by Gasteiger charge is -2.40. The molecule has 2 heterocycles. The van der Waals surface area contributed by atoms with Crippen LogP contribution >= 0.6 is 0 Å². The molecule has 1 saturated heterocycles. The molecule has 0 bridgehead atoms. The van der Waals surface area contributed by atoms with Gasteiger partial charge in [-0.15, -0.1) is 0 Å². The van der Waals surface area contributed by atoms with E-state index in [2.05, 4.69) is 41.3 Å². The molecular formula is C17H29N3. The quantitative estimate of drug-likeness (QED) is 0.829. The third-order valence-electron chi connectivity index (χ3n) is 4.53. The third-order valence-corrected chi connectivity index (χ3v) is 4.53. The lowest BCUT2D eigenvalue weighted by atomic mass is 9.75. The van der Waals surface area contributed by atoms with E-state index in [1.807, 2.05) is 12.3 Å². The monoisotopic (exact) mass is 275 g/mol. The van der Waals surface area contributed by atoms with Gasteiger partial charge in [0.25, 0.3) is 0 Å². The van der Waals surface area contributed by atoms with E-state index in [0.717, 1.165) is 13.0 Å². The van der Waals surface area contributed by atoms with Crippen LogP contribution in [0.1, 0.15) is 38.3 Å². The fraction of sp³-hybridized carbons (Fsp3) is 0.706. The molecular weight excluding hydrogens is 246 g/mol. The van der Waals surface area contributed by atoms with E-state index < -0.39 is 0 Å². The predicted molar refractivity (Wildman–Crippen MR) is 84.9 cm³/mol. The molecule has 3 nitrogen and oxygen atoms in total. The van der Waals surface area contributed by atoms with Crippen molar-refractivity contribution in [3.63, 3.8) is 0 Å². The second kappa shape index (κ2) is 7.75. The van der Waals surface area contributed by atoms with Crippen LogP contribution in [0.25, 0.3) is 0 Å². The van der Waals surface area contributed by atoms with Gasteiger partial charge in [-0.2, -0.15) is 0 Å². The van der Waals surface area contributed by atoms with E-state index in [9.17, 15) is 0 Å². The fourth-order valence-corrected chi connectivity index (χ4v) is 3.48. The molecule has 0 radical (unpaired) electrons. The molecule has 0 saturated carbocycles. The Morgan fingerprint density at radius 1 is 1.30 bits per heavy atom. The maximum atomic E-state index is 4.41. The second-order valence-electron chi connectivity index (χ2n) is 6.31. The van der Waals surface area contributed by atoms with Gasteiger partial charge in [-0.05, 0) is 56.9 Å². The smallest absolute Gasteiger partial charge is 0.0416 e. The van der Waals surface area contributed by atoms with Crippen LogP contribution in [0, 0.1) is 5.41 Å². The molecule has 1 fully saturated rings. The first-order valence-electron chi connectivity index (χ1n) is 8.03. The second-order valence-corrected chi connectivity index (χ2v) is 6.31. The molecule has 0 atom stereocenters. The Morgan fingerprint density at radius 2 is 2.10 bits per heavy atom. The third kappa shape index (κ3) is 4.57. The highest BCUT2D eigenvalue weighted by Crippen LogP contribution is 2.34. The average molecular weight is 275 g/mol. The van der Waals surface area contributed by atoms with Crippen molar-refractivity contribution in [3.8, 4) is 0 Å². The van der Waals surface area contributed by atoms with E-state index in [-0.39, 0.29) is 0 Å². The SMILES string of the molecule is CCCC1(CN(C)CCc2ccccn2)CCNCC1. The molecule has 1 aliphatic heterocycles. The first-order chi connectivity index (χ1) is 9.74. The summed E-state index contributed by atoms with van der Waals surface area (Å²) in [4.78, 5) is 6.92. The summed E-state index contributed by atoms with van der Waals surface area (Å²) in [5, 5.41) is 3.50. The minimum Gasteiger partial charge on any atom is -0.317 e. The van der Waals surface area contributed by atoms with Crippen LogP contribution in [0.2, 0.25) is 0 Å². The van der Waals surface area contributed by atoms with Gasteiger partial charge in [-0.3, -0.25) is 4.98 Å². The molecule has 2 rings (SSSR count). The van der Waals surface area contributed by atoms with Crippen molar-refractivity contribution in [3.05, 3.63) is 30.1 Å². The van der Waals surface area contributed by atoms with Crippen LogP contribution in [0.15, 0.2) is 24.4 Å². The normalized spacial score (nSPS) is 18.4. The minimum atomic E-state index is 0.541. The molecule has 0 aromatic carbocycles. The summed E-state index contributed by atoms with van der Waals surface area (Å²) in [5.74, 6) is 0. The summed E-state index contributed by atoms with van der Waals surface area (Å²) in [6, 6.07) is 6.19. The number of hydrogen-bond donors (Lipinski definition) is 1. The van der Waals surface area contributed by atoms with E-state index >= 15 is 0 Å². The Morgan fingerprint density at radius 3 is 2.75 bits per heavy atom. The molecule has 3 heteroatoms. The number of rotatable bonds is 7. The zero-order chi connectivity index (χ0) is 14.3. The van der Waals surface area contributed by atoms with Crippen LogP contribution < -0.4 is 5.32 Å². The highest BCUT2D eigenvalue weighted by atomic mass is 15.1. The number of hydrogen-bond acceptors (Lipinski definition) is 3. The number of nitrogens with zero attached hydrogens (tertiary/aromatic N) is 2. The van der Waals surface area contributed by atoms with Gasteiger partial charge in [0.1, 0.15) is 0 Å². The Hall–Kier alpha value is -0.930. The van der Waals surface area contributed by atoms with Crippen molar-refractivity contribution >= 4 is 0 Å². The number of pyridine rings is 1. The van der Waals surface area contributed by atoms with Gasteiger partial charge in [0.05, 0.1) is 0 Å². The van der Waals surface area contributed by atoms with E-state index in [4.69, 9.17) is 0 Å². The molecule has 1 N–H and O–H groups in total. The van der Waals surface area contributed by atoms with Crippen molar-refractivity contribution in [1.29, 1.82) is 0 Å². The van der Waals surface area contributed by atoms with E-state index in [1.165, 1.54) is 51.0 Å². The largest absolute Gasteiger partial charge is 0.317 e. The summed E-state index contributed by atoms with van der Waals surface area (Å²) in [7, 11) is 2.27. The molecule has 0 amide bonds. The van der Waals surface area contributed by atoms with Crippen LogP contribution in [-0.4, -0.2) is 43.1 Å². The predicted octanol–water partition coefficient (Wildman–Crippen LogP) is 2.73. The molecule has 20 heavy (non-hydrogen) atoms. The summed E-state index contributed by atoms with van der Waals surface area (Å²) < 4.78 is 0. The summed E-state index contributed by atoms with van der Waals surface area (Å²) in [6.45, 7) is 7.03. The first kappa shape index (κ1) is 15.5. The first-order valence-corrected chi connectivity index (χ1v) is 8.03. The standard InChI is InChI=1S/C17H29N3/c1-3-8-17(9-12-18-13-10-17)15-20(2)14-7-16-6-4-5-11-19-16/h4-6,11,18H,3,7-10,12-15H2,1-2H3. The zero-order valence-corrected chi connectivity index (χ0v) is 13.1. The molecule has 1 aliphatic rings. The van der Waals surface area contributed by atoms with Crippen LogP contribution in [0.3, 0.4) is 0 Å². The summed E-state index contributed by atoms with van der Waals surface area (Å²) >= 11 is 0. The zero-order valence-electron chi connectivity index (χ0n) is 13.1. The van der Waals surface area contributed by atoms with Gasteiger partial charge >= 0.3 is 0 Å². The number of nitrogens with one attached hydrogen (secondary N) is 1. The van der Waals surface area contributed by atoms with E-state index in [0.29, 0.717) is 5.41 Å². The fourth-order valence-electron chi connectivity index (χ4n) is 3.48. The lowest BCUT2D eigenvalue weighted by molar-refractivity contribution is 0.117.